The van der Waals surface area contributed by atoms with Crippen molar-refractivity contribution >= 4 is 29.0 Å². The first-order valence-corrected chi connectivity index (χ1v) is 6.21. The first-order chi connectivity index (χ1) is 8.47. The van der Waals surface area contributed by atoms with Gasteiger partial charge in [-0.2, -0.15) is 0 Å². The third-order valence-electron chi connectivity index (χ3n) is 2.64. The van der Waals surface area contributed by atoms with Crippen LogP contribution in [-0.2, 0) is 6.54 Å². The van der Waals surface area contributed by atoms with Gasteiger partial charge in [0.15, 0.2) is 5.78 Å². The average Bonchev–Trinajstić information content (AvgIpc) is 2.57. The lowest BCUT2D eigenvalue weighted by Crippen LogP contribution is -2.11. The molecule has 1 aromatic heterocycles. The predicted molar refractivity (Wildman–Crippen MR) is 72.5 cm³/mol. The predicted octanol–water partition coefficient (Wildman–Crippen LogP) is 3.69. The number of carbonyl (C=O) groups is 1. The molecule has 0 spiro atoms. The van der Waals surface area contributed by atoms with E-state index in [1.54, 1.807) is 18.2 Å². The molecule has 0 fully saturated rings. The number of aryl methyl sites for hydroxylation is 2. The van der Waals surface area contributed by atoms with Gasteiger partial charge in [-0.25, -0.2) is 4.98 Å². The molecule has 0 saturated heterocycles. The van der Waals surface area contributed by atoms with Gasteiger partial charge in [-0.15, -0.1) is 0 Å². The van der Waals surface area contributed by atoms with E-state index >= 15 is 0 Å². The first kappa shape index (κ1) is 13.1. The number of hydrogen-bond donors (Lipinski definition) is 0. The van der Waals surface area contributed by atoms with Crippen molar-refractivity contribution in [2.24, 2.45) is 0 Å². The second kappa shape index (κ2) is 5.12. The molecule has 0 bridgehead atoms. The van der Waals surface area contributed by atoms with Crippen molar-refractivity contribution in [3.05, 3.63) is 51.5 Å². The number of benzene rings is 1. The minimum Gasteiger partial charge on any atom is -0.327 e. The van der Waals surface area contributed by atoms with Gasteiger partial charge in [0, 0.05) is 16.8 Å². The molecule has 1 aromatic carbocycles. The molecule has 0 aliphatic rings. The van der Waals surface area contributed by atoms with Crippen LogP contribution in [0.2, 0.25) is 10.0 Å². The molecule has 0 saturated carbocycles. The van der Waals surface area contributed by atoms with Gasteiger partial charge >= 0.3 is 0 Å². The van der Waals surface area contributed by atoms with E-state index in [-0.39, 0.29) is 12.3 Å². The lowest BCUT2D eigenvalue weighted by molar-refractivity contribution is 0.0971. The van der Waals surface area contributed by atoms with Gasteiger partial charge in [-0.3, -0.25) is 4.79 Å². The van der Waals surface area contributed by atoms with Crippen molar-refractivity contribution in [3.8, 4) is 0 Å². The summed E-state index contributed by atoms with van der Waals surface area (Å²) in [6, 6.07) is 4.88. The van der Waals surface area contributed by atoms with Gasteiger partial charge in [0.05, 0.1) is 17.3 Å². The van der Waals surface area contributed by atoms with Crippen molar-refractivity contribution in [2.75, 3.05) is 0 Å². The first-order valence-electron chi connectivity index (χ1n) is 5.46. The fourth-order valence-electron chi connectivity index (χ4n) is 1.78. The van der Waals surface area contributed by atoms with Crippen LogP contribution in [0.4, 0.5) is 0 Å². The van der Waals surface area contributed by atoms with Gasteiger partial charge in [0.1, 0.15) is 5.82 Å². The van der Waals surface area contributed by atoms with Crippen molar-refractivity contribution in [3.63, 3.8) is 0 Å². The molecule has 94 valence electrons. The number of imidazole rings is 1. The molecule has 2 rings (SSSR count). The maximum Gasteiger partial charge on any atom is 0.184 e. The van der Waals surface area contributed by atoms with Crippen LogP contribution in [0.1, 0.15) is 21.9 Å². The average molecular weight is 283 g/mol. The van der Waals surface area contributed by atoms with Crippen LogP contribution in [-0.4, -0.2) is 15.3 Å². The van der Waals surface area contributed by atoms with Crippen LogP contribution in [0.5, 0.6) is 0 Å². The Bertz CT molecular complexity index is 605. The summed E-state index contributed by atoms with van der Waals surface area (Å²) < 4.78 is 1.81. The topological polar surface area (TPSA) is 34.9 Å². The van der Waals surface area contributed by atoms with E-state index in [0.717, 1.165) is 11.5 Å². The minimum atomic E-state index is -0.0582. The standard InChI is InChI=1S/C13H12Cl2N2O/c1-8-6-17(9(2)16-8)7-13(18)11-4-3-10(14)5-12(11)15/h3-6H,7H2,1-2H3. The van der Waals surface area contributed by atoms with E-state index in [1.807, 2.05) is 24.6 Å². The number of hydrogen-bond acceptors (Lipinski definition) is 2. The second-order valence-electron chi connectivity index (χ2n) is 4.10. The van der Waals surface area contributed by atoms with Crippen LogP contribution in [0.15, 0.2) is 24.4 Å². The SMILES string of the molecule is Cc1cn(CC(=O)c2ccc(Cl)cc2Cl)c(C)n1. The Labute approximate surface area is 115 Å². The van der Waals surface area contributed by atoms with Crippen molar-refractivity contribution in [1.82, 2.24) is 9.55 Å². The number of halogens is 2. The van der Waals surface area contributed by atoms with Crippen LogP contribution in [0.25, 0.3) is 0 Å². The Kier molecular flexibility index (Phi) is 3.73. The summed E-state index contributed by atoms with van der Waals surface area (Å²) in [4.78, 5) is 16.4. The largest absolute Gasteiger partial charge is 0.327 e. The zero-order valence-electron chi connectivity index (χ0n) is 10.1. The zero-order valence-corrected chi connectivity index (χ0v) is 11.6. The highest BCUT2D eigenvalue weighted by Crippen LogP contribution is 2.22. The lowest BCUT2D eigenvalue weighted by atomic mass is 10.1. The molecule has 3 nitrogen and oxygen atoms in total. The molecule has 0 amide bonds. The van der Waals surface area contributed by atoms with Gasteiger partial charge in [0.25, 0.3) is 0 Å². The highest BCUT2D eigenvalue weighted by Gasteiger charge is 2.12. The number of rotatable bonds is 3. The quantitative estimate of drug-likeness (QED) is 0.805. The fraction of sp³-hybridized carbons (Fsp3) is 0.231. The van der Waals surface area contributed by atoms with Crippen LogP contribution >= 0.6 is 23.2 Å². The van der Waals surface area contributed by atoms with Crippen molar-refractivity contribution < 1.29 is 4.79 Å². The van der Waals surface area contributed by atoms with E-state index in [9.17, 15) is 4.79 Å². The highest BCUT2D eigenvalue weighted by atomic mass is 35.5. The Morgan fingerprint density at radius 3 is 2.61 bits per heavy atom. The summed E-state index contributed by atoms with van der Waals surface area (Å²) in [5.41, 5.74) is 1.37. The molecule has 0 radical (unpaired) electrons. The molecule has 0 atom stereocenters. The van der Waals surface area contributed by atoms with Crippen LogP contribution < -0.4 is 0 Å². The summed E-state index contributed by atoms with van der Waals surface area (Å²) >= 11 is 11.8. The third kappa shape index (κ3) is 2.74. The highest BCUT2D eigenvalue weighted by molar-refractivity contribution is 6.36. The van der Waals surface area contributed by atoms with Crippen LogP contribution in [0.3, 0.4) is 0 Å². The van der Waals surface area contributed by atoms with E-state index in [4.69, 9.17) is 23.2 Å². The van der Waals surface area contributed by atoms with Gasteiger partial charge < -0.3 is 4.57 Å². The van der Waals surface area contributed by atoms with E-state index in [1.165, 1.54) is 0 Å². The molecular weight excluding hydrogens is 271 g/mol. The Morgan fingerprint density at radius 1 is 1.33 bits per heavy atom. The summed E-state index contributed by atoms with van der Waals surface area (Å²) in [5, 5.41) is 0.896. The molecule has 1 heterocycles. The van der Waals surface area contributed by atoms with E-state index in [0.29, 0.717) is 15.6 Å². The number of aromatic nitrogens is 2. The van der Waals surface area contributed by atoms with Crippen molar-refractivity contribution in [2.45, 2.75) is 20.4 Å². The van der Waals surface area contributed by atoms with Crippen LogP contribution in [0, 0.1) is 13.8 Å². The van der Waals surface area contributed by atoms with Crippen molar-refractivity contribution in [1.29, 1.82) is 0 Å². The number of Topliss-reactive ketones (excluding diaryl/α,β-unsaturated/α-hetero) is 1. The molecular formula is C13H12Cl2N2O. The normalized spacial score (nSPS) is 10.7. The molecule has 18 heavy (non-hydrogen) atoms. The van der Waals surface area contributed by atoms with Gasteiger partial charge in [-0.05, 0) is 32.0 Å². The van der Waals surface area contributed by atoms with E-state index in [2.05, 4.69) is 4.98 Å². The molecule has 0 N–H and O–H groups in total. The Balaban J connectivity index is 2.24. The third-order valence-corrected chi connectivity index (χ3v) is 3.19. The number of nitrogens with zero attached hydrogens (tertiary/aromatic N) is 2. The molecule has 0 aliphatic carbocycles. The number of ketones is 1. The molecule has 2 aromatic rings. The molecule has 0 aliphatic heterocycles. The molecule has 5 heteroatoms. The molecule has 0 unspecified atom stereocenters. The number of carbonyl (C=O) groups excluding carboxylic acids is 1. The Hall–Kier alpha value is -1.32. The zero-order chi connectivity index (χ0) is 13.3. The summed E-state index contributed by atoms with van der Waals surface area (Å²) in [6.45, 7) is 3.99. The lowest BCUT2D eigenvalue weighted by Gasteiger charge is -2.06. The summed E-state index contributed by atoms with van der Waals surface area (Å²) in [5.74, 6) is 0.753. The maximum atomic E-state index is 12.1. The summed E-state index contributed by atoms with van der Waals surface area (Å²) in [7, 11) is 0. The minimum absolute atomic E-state index is 0.0582. The monoisotopic (exact) mass is 282 g/mol. The maximum absolute atomic E-state index is 12.1. The smallest absolute Gasteiger partial charge is 0.184 e. The Morgan fingerprint density at radius 2 is 2.06 bits per heavy atom. The van der Waals surface area contributed by atoms with Gasteiger partial charge in [0.2, 0.25) is 0 Å². The van der Waals surface area contributed by atoms with E-state index < -0.39 is 0 Å². The fourth-order valence-corrected chi connectivity index (χ4v) is 2.30. The summed E-state index contributed by atoms with van der Waals surface area (Å²) in [6.07, 6.45) is 1.84. The second-order valence-corrected chi connectivity index (χ2v) is 4.95. The van der Waals surface area contributed by atoms with Gasteiger partial charge in [-0.1, -0.05) is 23.2 Å².